The van der Waals surface area contributed by atoms with Crippen molar-refractivity contribution in [3.63, 3.8) is 0 Å². The maximum Gasteiger partial charge on any atom is 0.0348 e. The van der Waals surface area contributed by atoms with Gasteiger partial charge in [-0.15, -0.1) is 0 Å². The maximum atomic E-state index is 5.84. The first-order valence-corrected chi connectivity index (χ1v) is 7.72. The molecular weight excluding hydrogens is 232 g/mol. The number of hydrogen-bond acceptors (Lipinski definition) is 2. The highest BCUT2D eigenvalue weighted by Gasteiger charge is 2.30. The van der Waals surface area contributed by atoms with Crippen molar-refractivity contribution in [2.45, 2.75) is 44.6 Å². The molecule has 0 bridgehead atoms. The van der Waals surface area contributed by atoms with Crippen molar-refractivity contribution in [3.05, 3.63) is 34.9 Å². The molecule has 1 aromatic rings. The lowest BCUT2D eigenvalue weighted by Crippen LogP contribution is -2.21. The lowest BCUT2D eigenvalue weighted by atomic mass is 9.82. The molecule has 0 radical (unpaired) electrons. The number of hydrogen-bond donors (Lipinski definition) is 1. The quantitative estimate of drug-likeness (QED) is 0.883. The third-order valence-corrected chi connectivity index (χ3v) is 5.14. The Labute approximate surface area is 117 Å². The van der Waals surface area contributed by atoms with Gasteiger partial charge in [-0.05, 0) is 67.8 Å². The number of rotatable bonds is 2. The van der Waals surface area contributed by atoms with Crippen LogP contribution in [-0.2, 0) is 6.42 Å². The minimum atomic E-state index is 0.577. The first-order valence-electron chi connectivity index (χ1n) is 7.72. The van der Waals surface area contributed by atoms with E-state index in [1.54, 1.807) is 11.1 Å². The van der Waals surface area contributed by atoms with Crippen LogP contribution in [-0.4, -0.2) is 25.0 Å². The number of fused-ring (bicyclic) bond motifs is 1. The van der Waals surface area contributed by atoms with Crippen LogP contribution < -0.4 is 5.73 Å². The molecule has 3 rings (SSSR count). The van der Waals surface area contributed by atoms with Gasteiger partial charge in [0.05, 0.1) is 0 Å². The SMILES string of the molecule is CC1CCCc2ccc(C3CC(CN)CN3C)cc21. The van der Waals surface area contributed by atoms with Crippen molar-refractivity contribution in [2.24, 2.45) is 11.7 Å². The topological polar surface area (TPSA) is 29.3 Å². The van der Waals surface area contributed by atoms with Gasteiger partial charge in [0, 0.05) is 12.6 Å². The van der Waals surface area contributed by atoms with Crippen LogP contribution in [0.4, 0.5) is 0 Å². The molecular formula is C17H26N2. The Hall–Kier alpha value is -0.860. The third kappa shape index (κ3) is 2.44. The zero-order chi connectivity index (χ0) is 13.4. The number of aryl methyl sites for hydroxylation is 1. The molecule has 2 nitrogen and oxygen atoms in total. The number of nitrogens with zero attached hydrogens (tertiary/aromatic N) is 1. The normalized spacial score (nSPS) is 31.4. The highest BCUT2D eigenvalue weighted by molar-refractivity contribution is 5.37. The Balaban J connectivity index is 1.88. The van der Waals surface area contributed by atoms with Gasteiger partial charge in [0.15, 0.2) is 0 Å². The van der Waals surface area contributed by atoms with Crippen LogP contribution in [0.25, 0.3) is 0 Å². The van der Waals surface area contributed by atoms with E-state index in [1.165, 1.54) is 31.2 Å². The summed E-state index contributed by atoms with van der Waals surface area (Å²) in [5, 5.41) is 0. The first kappa shape index (κ1) is 13.1. The molecule has 0 saturated carbocycles. The van der Waals surface area contributed by atoms with E-state index in [1.807, 2.05) is 0 Å². The highest BCUT2D eigenvalue weighted by Crippen LogP contribution is 2.38. The summed E-state index contributed by atoms with van der Waals surface area (Å²) in [4.78, 5) is 2.48. The molecule has 1 heterocycles. The van der Waals surface area contributed by atoms with E-state index in [-0.39, 0.29) is 0 Å². The second-order valence-corrected chi connectivity index (χ2v) is 6.54. The fourth-order valence-electron chi connectivity index (χ4n) is 3.93. The molecule has 0 amide bonds. The average Bonchev–Trinajstić information content (AvgIpc) is 2.80. The van der Waals surface area contributed by atoms with E-state index in [4.69, 9.17) is 5.73 Å². The van der Waals surface area contributed by atoms with Crippen LogP contribution in [0.1, 0.15) is 54.8 Å². The molecule has 3 atom stereocenters. The fraction of sp³-hybridized carbons (Fsp3) is 0.647. The van der Waals surface area contributed by atoms with Crippen molar-refractivity contribution in [1.82, 2.24) is 4.90 Å². The van der Waals surface area contributed by atoms with E-state index >= 15 is 0 Å². The Morgan fingerprint density at radius 2 is 2.21 bits per heavy atom. The molecule has 1 fully saturated rings. The summed E-state index contributed by atoms with van der Waals surface area (Å²) in [6.07, 6.45) is 5.19. The van der Waals surface area contributed by atoms with Crippen molar-refractivity contribution in [2.75, 3.05) is 20.1 Å². The third-order valence-electron chi connectivity index (χ3n) is 5.14. The lowest BCUT2D eigenvalue weighted by Gasteiger charge is -2.26. The minimum absolute atomic E-state index is 0.577. The summed E-state index contributed by atoms with van der Waals surface area (Å²) in [5.74, 6) is 1.41. The monoisotopic (exact) mass is 258 g/mol. The molecule has 1 aromatic carbocycles. The van der Waals surface area contributed by atoms with E-state index in [9.17, 15) is 0 Å². The van der Waals surface area contributed by atoms with Crippen molar-refractivity contribution >= 4 is 0 Å². The van der Waals surface area contributed by atoms with Crippen molar-refractivity contribution in [1.29, 1.82) is 0 Å². The van der Waals surface area contributed by atoms with Gasteiger partial charge in [0.2, 0.25) is 0 Å². The standard InChI is InChI=1S/C17H26N2/c1-12-4-3-5-14-6-7-15(9-16(12)14)17-8-13(10-18)11-19(17)2/h6-7,9,12-13,17H,3-5,8,10-11,18H2,1-2H3. The van der Waals surface area contributed by atoms with Gasteiger partial charge in [-0.25, -0.2) is 0 Å². The van der Waals surface area contributed by atoms with Gasteiger partial charge >= 0.3 is 0 Å². The van der Waals surface area contributed by atoms with Crippen LogP contribution in [0, 0.1) is 5.92 Å². The summed E-state index contributed by atoms with van der Waals surface area (Å²) >= 11 is 0. The number of benzene rings is 1. The summed E-state index contributed by atoms with van der Waals surface area (Å²) in [6.45, 7) is 4.35. The molecule has 0 spiro atoms. The van der Waals surface area contributed by atoms with Gasteiger partial charge in [-0.1, -0.05) is 25.1 Å². The van der Waals surface area contributed by atoms with E-state index in [0.29, 0.717) is 12.0 Å². The van der Waals surface area contributed by atoms with Crippen LogP contribution in [0.2, 0.25) is 0 Å². The molecule has 1 aliphatic heterocycles. The Bertz CT molecular complexity index is 455. The van der Waals surface area contributed by atoms with E-state index in [0.717, 1.165) is 19.0 Å². The molecule has 3 unspecified atom stereocenters. The minimum Gasteiger partial charge on any atom is -0.330 e. The van der Waals surface area contributed by atoms with Gasteiger partial charge < -0.3 is 5.73 Å². The molecule has 2 heteroatoms. The predicted octanol–water partition coefficient (Wildman–Crippen LogP) is 3.08. The fourth-order valence-corrected chi connectivity index (χ4v) is 3.93. The summed E-state index contributed by atoms with van der Waals surface area (Å²) in [6, 6.07) is 7.80. The van der Waals surface area contributed by atoms with Crippen LogP contribution in [0.5, 0.6) is 0 Å². The Kier molecular flexibility index (Phi) is 3.64. The second kappa shape index (κ2) is 5.26. The van der Waals surface area contributed by atoms with E-state index in [2.05, 4.69) is 37.1 Å². The zero-order valence-corrected chi connectivity index (χ0v) is 12.2. The van der Waals surface area contributed by atoms with E-state index < -0.39 is 0 Å². The highest BCUT2D eigenvalue weighted by atomic mass is 15.2. The van der Waals surface area contributed by atoms with Gasteiger partial charge in [0.25, 0.3) is 0 Å². The molecule has 1 saturated heterocycles. The van der Waals surface area contributed by atoms with Gasteiger partial charge in [0.1, 0.15) is 0 Å². The molecule has 2 N–H and O–H groups in total. The zero-order valence-electron chi connectivity index (χ0n) is 12.2. The van der Waals surface area contributed by atoms with Gasteiger partial charge in [-0.3, -0.25) is 4.90 Å². The smallest absolute Gasteiger partial charge is 0.0348 e. The van der Waals surface area contributed by atoms with Crippen molar-refractivity contribution in [3.8, 4) is 0 Å². The lowest BCUT2D eigenvalue weighted by molar-refractivity contribution is 0.313. The molecule has 104 valence electrons. The second-order valence-electron chi connectivity index (χ2n) is 6.54. The number of nitrogens with two attached hydrogens (primary N) is 1. The van der Waals surface area contributed by atoms with Crippen LogP contribution >= 0.6 is 0 Å². The molecule has 2 aliphatic rings. The molecule has 1 aliphatic carbocycles. The average molecular weight is 258 g/mol. The maximum absolute atomic E-state index is 5.84. The van der Waals surface area contributed by atoms with Gasteiger partial charge in [-0.2, -0.15) is 0 Å². The predicted molar refractivity (Wildman–Crippen MR) is 80.3 cm³/mol. The first-order chi connectivity index (χ1) is 9.19. The summed E-state index contributed by atoms with van der Waals surface area (Å²) < 4.78 is 0. The Morgan fingerprint density at radius 3 is 2.95 bits per heavy atom. The largest absolute Gasteiger partial charge is 0.330 e. The summed E-state index contributed by atoms with van der Waals surface area (Å²) in [5.41, 5.74) is 10.5. The van der Waals surface area contributed by atoms with Crippen LogP contribution in [0.15, 0.2) is 18.2 Å². The Morgan fingerprint density at radius 1 is 1.37 bits per heavy atom. The summed E-state index contributed by atoms with van der Waals surface area (Å²) in [7, 11) is 2.24. The van der Waals surface area contributed by atoms with Crippen molar-refractivity contribution < 1.29 is 0 Å². The number of likely N-dealkylation sites (tertiary alicyclic amines) is 1. The molecule has 19 heavy (non-hydrogen) atoms. The van der Waals surface area contributed by atoms with Crippen LogP contribution in [0.3, 0.4) is 0 Å². The molecule has 0 aromatic heterocycles.